The third-order valence-corrected chi connectivity index (χ3v) is 5.02. The van der Waals surface area contributed by atoms with Crippen LogP contribution in [0.2, 0.25) is 0 Å². The smallest absolute Gasteiger partial charge is 0.253 e. The van der Waals surface area contributed by atoms with Crippen molar-refractivity contribution in [2.75, 3.05) is 33.7 Å². The fourth-order valence-electron chi connectivity index (χ4n) is 3.75. The summed E-state index contributed by atoms with van der Waals surface area (Å²) in [5.41, 5.74) is 2.82. The van der Waals surface area contributed by atoms with Crippen molar-refractivity contribution in [1.82, 2.24) is 9.80 Å². The number of phenols is 1. The zero-order valence-corrected chi connectivity index (χ0v) is 15.2. The topological polar surface area (TPSA) is 43.8 Å². The number of amides is 1. The van der Waals surface area contributed by atoms with Crippen molar-refractivity contribution in [2.45, 2.75) is 13.3 Å². The Labute approximate surface area is 149 Å². The molecule has 1 aliphatic rings. The maximum Gasteiger partial charge on any atom is 0.253 e. The SMILES string of the molecule is CN1CCC(C)(CN(C)C(=O)c2cccc(-c3ccc(O)cc3)c2)C1. The van der Waals surface area contributed by atoms with E-state index in [9.17, 15) is 9.90 Å². The van der Waals surface area contributed by atoms with Crippen LogP contribution in [0.25, 0.3) is 11.1 Å². The highest BCUT2D eigenvalue weighted by Crippen LogP contribution is 2.30. The first-order chi connectivity index (χ1) is 11.9. The number of likely N-dealkylation sites (tertiary alicyclic amines) is 1. The normalized spacial score (nSPS) is 20.6. The minimum absolute atomic E-state index is 0.0522. The molecule has 1 aliphatic heterocycles. The van der Waals surface area contributed by atoms with Crippen molar-refractivity contribution in [3.05, 3.63) is 54.1 Å². The third-order valence-electron chi connectivity index (χ3n) is 5.02. The van der Waals surface area contributed by atoms with Crippen LogP contribution in [-0.2, 0) is 0 Å². The lowest BCUT2D eigenvalue weighted by molar-refractivity contribution is 0.0730. The van der Waals surface area contributed by atoms with E-state index >= 15 is 0 Å². The van der Waals surface area contributed by atoms with E-state index in [1.807, 2.05) is 48.3 Å². The summed E-state index contributed by atoms with van der Waals surface area (Å²) in [7, 11) is 4.02. The quantitative estimate of drug-likeness (QED) is 0.928. The van der Waals surface area contributed by atoms with E-state index in [1.54, 1.807) is 12.1 Å². The molecule has 132 valence electrons. The van der Waals surface area contributed by atoms with Crippen molar-refractivity contribution in [2.24, 2.45) is 5.41 Å². The van der Waals surface area contributed by atoms with E-state index < -0.39 is 0 Å². The number of benzene rings is 2. The Bertz CT molecular complexity index is 757. The molecule has 4 nitrogen and oxygen atoms in total. The Hall–Kier alpha value is -2.33. The summed E-state index contributed by atoms with van der Waals surface area (Å²) >= 11 is 0. The average molecular weight is 338 g/mol. The van der Waals surface area contributed by atoms with E-state index in [1.165, 1.54) is 0 Å². The zero-order chi connectivity index (χ0) is 18.0. The molecule has 3 rings (SSSR count). The molecule has 0 saturated carbocycles. The lowest BCUT2D eigenvalue weighted by Gasteiger charge is -2.30. The van der Waals surface area contributed by atoms with Gasteiger partial charge >= 0.3 is 0 Å². The number of nitrogens with zero attached hydrogens (tertiary/aromatic N) is 2. The highest BCUT2D eigenvalue weighted by Gasteiger charge is 2.34. The van der Waals surface area contributed by atoms with E-state index in [0.717, 1.165) is 37.2 Å². The van der Waals surface area contributed by atoms with Crippen LogP contribution in [-0.4, -0.2) is 54.5 Å². The van der Waals surface area contributed by atoms with Gasteiger partial charge in [0.2, 0.25) is 0 Å². The Morgan fingerprint density at radius 3 is 2.56 bits per heavy atom. The summed E-state index contributed by atoms with van der Waals surface area (Å²) in [5.74, 6) is 0.293. The fraction of sp³-hybridized carbons (Fsp3) is 0.381. The molecule has 2 aromatic carbocycles. The van der Waals surface area contributed by atoms with Crippen LogP contribution in [0.1, 0.15) is 23.7 Å². The number of phenolic OH excluding ortho intramolecular Hbond substituents is 1. The molecule has 0 aliphatic carbocycles. The van der Waals surface area contributed by atoms with Crippen LogP contribution in [0.15, 0.2) is 48.5 Å². The second-order valence-electron chi connectivity index (χ2n) is 7.59. The molecule has 1 N–H and O–H groups in total. The van der Waals surface area contributed by atoms with Gasteiger partial charge in [0.1, 0.15) is 5.75 Å². The van der Waals surface area contributed by atoms with Gasteiger partial charge in [0.05, 0.1) is 0 Å². The third kappa shape index (κ3) is 4.02. The first kappa shape index (κ1) is 17.5. The minimum atomic E-state index is 0.0522. The Morgan fingerprint density at radius 1 is 1.20 bits per heavy atom. The van der Waals surface area contributed by atoms with Gasteiger partial charge < -0.3 is 14.9 Å². The number of rotatable bonds is 4. The number of carbonyl (C=O) groups is 1. The monoisotopic (exact) mass is 338 g/mol. The zero-order valence-electron chi connectivity index (χ0n) is 15.2. The summed E-state index contributed by atoms with van der Waals surface area (Å²) in [5, 5.41) is 9.43. The van der Waals surface area contributed by atoms with Gasteiger partial charge in [0, 0.05) is 25.7 Å². The first-order valence-electron chi connectivity index (χ1n) is 8.70. The minimum Gasteiger partial charge on any atom is -0.508 e. The van der Waals surface area contributed by atoms with Crippen LogP contribution in [0.4, 0.5) is 0 Å². The standard InChI is InChI=1S/C21H26N2O2/c1-21(11-12-22(2)14-21)15-23(3)20(25)18-6-4-5-17(13-18)16-7-9-19(24)10-8-16/h4-10,13,24H,11-12,14-15H2,1-3H3. The summed E-state index contributed by atoms with van der Waals surface area (Å²) < 4.78 is 0. The highest BCUT2D eigenvalue weighted by molar-refractivity contribution is 5.95. The Kier molecular flexibility index (Phi) is 4.82. The molecule has 4 heteroatoms. The number of hydrogen-bond donors (Lipinski definition) is 1. The molecular formula is C21H26N2O2. The van der Waals surface area contributed by atoms with Crippen LogP contribution < -0.4 is 0 Å². The predicted octanol–water partition coefficient (Wildman–Crippen LogP) is 3.47. The van der Waals surface area contributed by atoms with Crippen LogP contribution in [0, 0.1) is 5.41 Å². The van der Waals surface area contributed by atoms with E-state index in [4.69, 9.17) is 0 Å². The van der Waals surface area contributed by atoms with Gasteiger partial charge in [-0.2, -0.15) is 0 Å². The Balaban J connectivity index is 1.76. The van der Waals surface area contributed by atoms with Gasteiger partial charge in [-0.3, -0.25) is 4.79 Å². The van der Waals surface area contributed by atoms with Crippen molar-refractivity contribution in [3.63, 3.8) is 0 Å². The van der Waals surface area contributed by atoms with Crippen LogP contribution >= 0.6 is 0 Å². The van der Waals surface area contributed by atoms with Gasteiger partial charge in [-0.25, -0.2) is 0 Å². The summed E-state index contributed by atoms with van der Waals surface area (Å²) in [6.07, 6.45) is 1.12. The Morgan fingerprint density at radius 2 is 1.92 bits per heavy atom. The second kappa shape index (κ2) is 6.89. The van der Waals surface area contributed by atoms with Gasteiger partial charge in [-0.05, 0) is 60.8 Å². The molecule has 0 aromatic heterocycles. The molecule has 1 unspecified atom stereocenters. The van der Waals surface area contributed by atoms with Crippen molar-refractivity contribution in [3.8, 4) is 16.9 Å². The molecule has 1 fully saturated rings. The van der Waals surface area contributed by atoms with Gasteiger partial charge in [-0.1, -0.05) is 31.2 Å². The van der Waals surface area contributed by atoms with E-state index in [0.29, 0.717) is 5.56 Å². The maximum atomic E-state index is 12.9. The summed E-state index contributed by atoms with van der Waals surface area (Å²) in [4.78, 5) is 17.0. The number of aromatic hydroxyl groups is 1. The van der Waals surface area contributed by atoms with Crippen molar-refractivity contribution in [1.29, 1.82) is 0 Å². The largest absolute Gasteiger partial charge is 0.508 e. The average Bonchev–Trinajstić information content (AvgIpc) is 2.93. The van der Waals surface area contributed by atoms with Gasteiger partial charge in [0.25, 0.3) is 5.91 Å². The highest BCUT2D eigenvalue weighted by atomic mass is 16.3. The number of hydrogen-bond acceptors (Lipinski definition) is 3. The molecular weight excluding hydrogens is 312 g/mol. The molecule has 2 aromatic rings. The van der Waals surface area contributed by atoms with Gasteiger partial charge in [0.15, 0.2) is 0 Å². The number of carbonyl (C=O) groups excluding carboxylic acids is 1. The molecule has 0 radical (unpaired) electrons. The van der Waals surface area contributed by atoms with Crippen molar-refractivity contribution >= 4 is 5.91 Å². The van der Waals surface area contributed by atoms with Gasteiger partial charge in [-0.15, -0.1) is 0 Å². The molecule has 1 atom stereocenters. The van der Waals surface area contributed by atoms with E-state index in [-0.39, 0.29) is 17.1 Å². The predicted molar refractivity (Wildman–Crippen MR) is 101 cm³/mol. The summed E-state index contributed by atoms with van der Waals surface area (Å²) in [6, 6.07) is 14.7. The van der Waals surface area contributed by atoms with Crippen molar-refractivity contribution < 1.29 is 9.90 Å². The summed E-state index contributed by atoms with van der Waals surface area (Å²) in [6.45, 7) is 5.14. The molecule has 1 saturated heterocycles. The van der Waals surface area contributed by atoms with Crippen LogP contribution in [0.5, 0.6) is 5.75 Å². The molecule has 1 amide bonds. The lowest BCUT2D eigenvalue weighted by atomic mass is 9.89. The second-order valence-corrected chi connectivity index (χ2v) is 7.59. The fourth-order valence-corrected chi connectivity index (χ4v) is 3.75. The first-order valence-corrected chi connectivity index (χ1v) is 8.70. The van der Waals surface area contributed by atoms with E-state index in [2.05, 4.69) is 18.9 Å². The molecule has 0 spiro atoms. The molecule has 1 heterocycles. The van der Waals surface area contributed by atoms with Crippen LogP contribution in [0.3, 0.4) is 0 Å². The molecule has 25 heavy (non-hydrogen) atoms. The molecule has 0 bridgehead atoms. The lowest BCUT2D eigenvalue weighted by Crippen LogP contribution is -2.38. The maximum absolute atomic E-state index is 12.9.